The Kier molecular flexibility index (Phi) is 6.19. The van der Waals surface area contributed by atoms with Gasteiger partial charge in [0.15, 0.2) is 17.1 Å². The maximum absolute atomic E-state index is 5.49. The molecule has 10 heteroatoms. The smallest absolute Gasteiger partial charge is 0.203 e. The van der Waals surface area contributed by atoms with Crippen LogP contribution in [0, 0.1) is 11.8 Å². The van der Waals surface area contributed by atoms with Crippen molar-refractivity contribution in [1.82, 2.24) is 29.3 Å². The van der Waals surface area contributed by atoms with Crippen molar-refractivity contribution < 1.29 is 14.2 Å². The molecule has 4 aromatic rings. The molecule has 1 aliphatic rings. The number of rotatable bonds is 10. The van der Waals surface area contributed by atoms with Crippen LogP contribution in [0.25, 0.3) is 16.7 Å². The van der Waals surface area contributed by atoms with Crippen molar-refractivity contribution in [3.05, 3.63) is 36.7 Å². The molecule has 5 rings (SSSR count). The fraction of sp³-hybridized carbons (Fsp3) is 0.440. The van der Waals surface area contributed by atoms with Gasteiger partial charge in [-0.2, -0.15) is 5.10 Å². The van der Waals surface area contributed by atoms with Crippen molar-refractivity contribution in [2.75, 3.05) is 26.6 Å². The highest BCUT2D eigenvalue weighted by Gasteiger charge is 2.24. The number of benzene rings is 1. The van der Waals surface area contributed by atoms with Crippen LogP contribution in [0.2, 0.25) is 0 Å². The molecular weight excluding hydrogens is 446 g/mol. The van der Waals surface area contributed by atoms with Gasteiger partial charge in [-0.1, -0.05) is 13.8 Å². The van der Waals surface area contributed by atoms with Crippen LogP contribution < -0.4 is 19.5 Å². The van der Waals surface area contributed by atoms with E-state index >= 15 is 0 Å². The first-order valence-electron chi connectivity index (χ1n) is 11.8. The van der Waals surface area contributed by atoms with Gasteiger partial charge < -0.3 is 24.1 Å². The van der Waals surface area contributed by atoms with Crippen LogP contribution in [0.4, 0.5) is 11.6 Å². The van der Waals surface area contributed by atoms with Crippen LogP contribution in [0.5, 0.6) is 17.2 Å². The first-order valence-corrected chi connectivity index (χ1v) is 11.8. The van der Waals surface area contributed by atoms with E-state index in [1.807, 2.05) is 33.8 Å². The zero-order valence-corrected chi connectivity index (χ0v) is 20.8. The Morgan fingerprint density at radius 2 is 1.80 bits per heavy atom. The molecule has 0 atom stereocenters. The number of hydrogen-bond donors (Lipinski definition) is 1. The summed E-state index contributed by atoms with van der Waals surface area (Å²) in [4.78, 5) is 14.3. The molecule has 0 unspecified atom stereocenters. The van der Waals surface area contributed by atoms with Gasteiger partial charge in [0, 0.05) is 25.1 Å². The van der Waals surface area contributed by atoms with Crippen LogP contribution in [0.15, 0.2) is 30.9 Å². The molecule has 35 heavy (non-hydrogen) atoms. The van der Waals surface area contributed by atoms with E-state index in [4.69, 9.17) is 24.2 Å². The molecule has 10 nitrogen and oxygen atoms in total. The van der Waals surface area contributed by atoms with Gasteiger partial charge in [-0.15, -0.1) is 0 Å². The largest absolute Gasteiger partial charge is 0.493 e. The van der Waals surface area contributed by atoms with Gasteiger partial charge >= 0.3 is 0 Å². The van der Waals surface area contributed by atoms with Gasteiger partial charge in [0.1, 0.15) is 23.8 Å². The fourth-order valence-corrected chi connectivity index (χ4v) is 4.11. The maximum atomic E-state index is 5.49. The molecule has 1 aliphatic carbocycles. The molecular formula is C25H31N7O3. The van der Waals surface area contributed by atoms with E-state index < -0.39 is 0 Å². The Morgan fingerprint density at radius 3 is 2.43 bits per heavy atom. The Balaban J connectivity index is 1.48. The van der Waals surface area contributed by atoms with Gasteiger partial charge in [-0.05, 0) is 24.7 Å². The van der Waals surface area contributed by atoms with Gasteiger partial charge in [0.25, 0.3) is 0 Å². The molecule has 0 amide bonds. The Bertz CT molecular complexity index is 1320. The van der Waals surface area contributed by atoms with Crippen molar-refractivity contribution in [2.45, 2.75) is 39.7 Å². The summed E-state index contributed by atoms with van der Waals surface area (Å²) in [6, 6.07) is 3.75. The van der Waals surface area contributed by atoms with Crippen LogP contribution in [0.3, 0.4) is 0 Å². The van der Waals surface area contributed by atoms with Crippen molar-refractivity contribution in [3.8, 4) is 22.9 Å². The van der Waals surface area contributed by atoms with Gasteiger partial charge in [0.05, 0.1) is 44.8 Å². The van der Waals surface area contributed by atoms with Crippen LogP contribution in [0.1, 0.15) is 32.5 Å². The Hall–Kier alpha value is -3.82. The van der Waals surface area contributed by atoms with Crippen LogP contribution in [-0.4, -0.2) is 50.6 Å². The number of methoxy groups -OCH3 is 3. The number of fused-ring (bicyclic) bond motifs is 1. The van der Waals surface area contributed by atoms with E-state index in [1.165, 1.54) is 12.8 Å². The lowest BCUT2D eigenvalue weighted by atomic mass is 10.2. The molecule has 1 aromatic carbocycles. The lowest BCUT2D eigenvalue weighted by Crippen LogP contribution is -2.09. The van der Waals surface area contributed by atoms with Gasteiger partial charge in [-0.3, -0.25) is 0 Å². The monoisotopic (exact) mass is 477 g/mol. The highest BCUT2D eigenvalue weighted by Crippen LogP contribution is 2.39. The molecule has 0 radical (unpaired) electrons. The second-order valence-corrected chi connectivity index (χ2v) is 9.27. The molecule has 3 aromatic heterocycles. The van der Waals surface area contributed by atoms with Crippen molar-refractivity contribution >= 4 is 22.7 Å². The highest BCUT2D eigenvalue weighted by atomic mass is 16.5. The lowest BCUT2D eigenvalue weighted by molar-refractivity contribution is 0.324. The Morgan fingerprint density at radius 1 is 1.06 bits per heavy atom. The summed E-state index contributed by atoms with van der Waals surface area (Å²) in [7, 11) is 4.78. The van der Waals surface area contributed by atoms with Crippen molar-refractivity contribution in [1.29, 1.82) is 0 Å². The third kappa shape index (κ3) is 4.73. The van der Waals surface area contributed by atoms with Crippen molar-refractivity contribution in [3.63, 3.8) is 0 Å². The third-order valence-corrected chi connectivity index (χ3v) is 6.03. The van der Waals surface area contributed by atoms with E-state index in [0.717, 1.165) is 41.3 Å². The van der Waals surface area contributed by atoms with E-state index in [2.05, 4.69) is 29.2 Å². The zero-order chi connectivity index (χ0) is 24.5. The molecule has 0 bridgehead atoms. The number of anilines is 2. The van der Waals surface area contributed by atoms with E-state index in [0.29, 0.717) is 34.9 Å². The average molecular weight is 478 g/mol. The molecule has 0 saturated heterocycles. The molecule has 1 fully saturated rings. The second-order valence-electron chi connectivity index (χ2n) is 9.27. The zero-order valence-electron chi connectivity index (χ0n) is 20.8. The predicted octanol–water partition coefficient (Wildman–Crippen LogP) is 4.39. The maximum Gasteiger partial charge on any atom is 0.203 e. The van der Waals surface area contributed by atoms with E-state index in [1.54, 1.807) is 27.7 Å². The summed E-state index contributed by atoms with van der Waals surface area (Å²) >= 11 is 0. The summed E-state index contributed by atoms with van der Waals surface area (Å²) < 4.78 is 20.3. The summed E-state index contributed by atoms with van der Waals surface area (Å²) in [6.45, 7) is 5.15. The minimum atomic E-state index is 0.463. The highest BCUT2D eigenvalue weighted by molar-refractivity contribution is 5.88. The molecule has 184 valence electrons. The standard InChI is InChI=1S/C25H31N7O3/c1-15(2)12-32-25-18(11-27-32)24(28-21(30-25)8-16-6-7-16)29-22-13-31(14-26-22)17-9-19(33-3)23(35-5)20(10-17)34-4/h9-11,13-16H,6-8,12H2,1-5H3,(H,28,29,30). The number of hydrogen-bond acceptors (Lipinski definition) is 8. The number of nitrogens with one attached hydrogen (secondary N) is 1. The van der Waals surface area contributed by atoms with E-state index in [9.17, 15) is 0 Å². The summed E-state index contributed by atoms with van der Waals surface area (Å²) in [6.07, 6.45) is 8.83. The number of ether oxygens (including phenoxy) is 3. The first kappa shape index (κ1) is 22.9. The molecule has 1 saturated carbocycles. The molecule has 3 heterocycles. The average Bonchev–Trinajstić information content (AvgIpc) is 3.38. The second kappa shape index (κ2) is 9.44. The van der Waals surface area contributed by atoms with Crippen LogP contribution >= 0.6 is 0 Å². The fourth-order valence-electron chi connectivity index (χ4n) is 4.11. The summed E-state index contributed by atoms with van der Waals surface area (Å²) in [5.41, 5.74) is 1.68. The summed E-state index contributed by atoms with van der Waals surface area (Å²) in [5, 5.41) is 8.87. The molecule has 1 N–H and O–H groups in total. The molecule has 0 spiro atoms. The predicted molar refractivity (Wildman–Crippen MR) is 133 cm³/mol. The number of nitrogens with zero attached hydrogens (tertiary/aromatic N) is 6. The van der Waals surface area contributed by atoms with Gasteiger partial charge in [0.2, 0.25) is 5.75 Å². The Labute approximate surface area is 204 Å². The first-order chi connectivity index (χ1) is 17.0. The number of aromatic nitrogens is 6. The summed E-state index contributed by atoms with van der Waals surface area (Å²) in [5.74, 6) is 5.06. The lowest BCUT2D eigenvalue weighted by Gasteiger charge is -2.14. The minimum absolute atomic E-state index is 0.463. The normalized spacial score (nSPS) is 13.4. The van der Waals surface area contributed by atoms with E-state index in [-0.39, 0.29) is 0 Å². The topological polar surface area (TPSA) is 101 Å². The van der Waals surface area contributed by atoms with Crippen molar-refractivity contribution in [2.24, 2.45) is 11.8 Å². The minimum Gasteiger partial charge on any atom is -0.493 e. The SMILES string of the molecule is COc1cc(-n2cnc(Nc3nc(CC4CC4)nc4c3cnn4CC(C)C)c2)cc(OC)c1OC. The van der Waals surface area contributed by atoms with Gasteiger partial charge in [-0.25, -0.2) is 19.6 Å². The molecule has 0 aliphatic heterocycles. The number of imidazole rings is 1. The third-order valence-electron chi connectivity index (χ3n) is 6.03. The van der Waals surface area contributed by atoms with Crippen LogP contribution in [-0.2, 0) is 13.0 Å². The quantitative estimate of drug-likeness (QED) is 0.359.